The van der Waals surface area contributed by atoms with Crippen molar-refractivity contribution in [2.75, 3.05) is 0 Å². The number of carbonyl (C=O) groups excluding carboxylic acids is 3. The van der Waals surface area contributed by atoms with Crippen molar-refractivity contribution in [2.45, 2.75) is 38.1 Å². The van der Waals surface area contributed by atoms with E-state index in [2.05, 4.69) is 0 Å². The molecule has 0 aromatic rings. The number of nitrogens with zero attached hydrogens (tertiary/aromatic N) is 1. The lowest BCUT2D eigenvalue weighted by atomic mass is 9.93. The van der Waals surface area contributed by atoms with Crippen molar-refractivity contribution in [3.05, 3.63) is 0 Å². The Balaban J connectivity index is 1.75. The van der Waals surface area contributed by atoms with Gasteiger partial charge in [0, 0.05) is 18.9 Å². The molecule has 2 aliphatic carbocycles. The number of Topliss-reactive ketones (excluding diaryl/α,β-unsaturated/α-hetero) is 1. The van der Waals surface area contributed by atoms with Gasteiger partial charge in [-0.2, -0.15) is 0 Å². The van der Waals surface area contributed by atoms with Crippen LogP contribution in [0.15, 0.2) is 0 Å². The Morgan fingerprint density at radius 2 is 1.47 bits per heavy atom. The third-order valence-corrected chi connectivity index (χ3v) is 3.78. The summed E-state index contributed by atoms with van der Waals surface area (Å²) in [6.07, 6.45) is 3.17. The first kappa shape index (κ1) is 9.07. The number of rotatable bonds is 1. The summed E-state index contributed by atoms with van der Waals surface area (Å²) in [6.45, 7) is 0. The van der Waals surface area contributed by atoms with E-state index in [1.54, 1.807) is 0 Å². The number of likely N-dealkylation sites (tertiary alicyclic amines) is 1. The number of amides is 2. The van der Waals surface area contributed by atoms with E-state index in [4.69, 9.17) is 0 Å². The molecule has 4 nitrogen and oxygen atoms in total. The minimum absolute atomic E-state index is 0.00451. The lowest BCUT2D eigenvalue weighted by Gasteiger charge is -2.30. The van der Waals surface area contributed by atoms with E-state index in [-0.39, 0.29) is 35.5 Å². The summed E-state index contributed by atoms with van der Waals surface area (Å²) in [5, 5.41) is 0. The Bertz CT molecular complexity index is 333. The number of imide groups is 1. The first-order valence-electron chi connectivity index (χ1n) is 5.57. The molecule has 4 heteroatoms. The normalized spacial score (nSPS) is 36.0. The maximum Gasteiger partial charge on any atom is 0.233 e. The smallest absolute Gasteiger partial charge is 0.233 e. The number of piperidine rings is 1. The quantitative estimate of drug-likeness (QED) is 0.588. The third-order valence-electron chi connectivity index (χ3n) is 3.78. The maximum atomic E-state index is 11.8. The van der Waals surface area contributed by atoms with E-state index in [9.17, 15) is 14.4 Å². The summed E-state index contributed by atoms with van der Waals surface area (Å²) in [7, 11) is 0. The molecule has 0 aromatic carbocycles. The molecular formula is C11H13NO3. The number of carbonyl (C=O) groups is 3. The summed E-state index contributed by atoms with van der Waals surface area (Å²) in [5.74, 6) is 0.287. The van der Waals surface area contributed by atoms with Crippen molar-refractivity contribution in [1.82, 2.24) is 4.90 Å². The van der Waals surface area contributed by atoms with Crippen LogP contribution in [0.1, 0.15) is 32.1 Å². The molecule has 0 radical (unpaired) electrons. The van der Waals surface area contributed by atoms with Crippen LogP contribution in [-0.4, -0.2) is 28.5 Å². The predicted octanol–water partition coefficient (Wildman–Crippen LogP) is 0.503. The van der Waals surface area contributed by atoms with Crippen molar-refractivity contribution in [3.8, 4) is 0 Å². The zero-order chi connectivity index (χ0) is 10.6. The van der Waals surface area contributed by atoms with E-state index in [1.807, 2.05) is 0 Å². The van der Waals surface area contributed by atoms with Gasteiger partial charge in [-0.15, -0.1) is 0 Å². The second-order valence-corrected chi connectivity index (χ2v) is 4.77. The van der Waals surface area contributed by atoms with Crippen LogP contribution < -0.4 is 0 Å². The third kappa shape index (κ3) is 1.24. The van der Waals surface area contributed by atoms with E-state index >= 15 is 0 Å². The van der Waals surface area contributed by atoms with Crippen LogP contribution in [0.25, 0.3) is 0 Å². The molecule has 0 aromatic heterocycles. The van der Waals surface area contributed by atoms with Crippen LogP contribution in [0, 0.1) is 11.8 Å². The van der Waals surface area contributed by atoms with Gasteiger partial charge in [0.1, 0.15) is 5.78 Å². The second-order valence-electron chi connectivity index (χ2n) is 4.77. The van der Waals surface area contributed by atoms with Crippen molar-refractivity contribution < 1.29 is 14.4 Å². The fraction of sp³-hybridized carbons (Fsp3) is 0.727. The molecule has 1 saturated heterocycles. The zero-order valence-corrected chi connectivity index (χ0v) is 8.44. The summed E-state index contributed by atoms with van der Waals surface area (Å²) in [5.41, 5.74) is 0. The highest BCUT2D eigenvalue weighted by Crippen LogP contribution is 2.48. The maximum absolute atomic E-state index is 11.8. The Kier molecular flexibility index (Phi) is 1.75. The highest BCUT2D eigenvalue weighted by Gasteiger charge is 2.60. The fourth-order valence-corrected chi connectivity index (χ4v) is 2.75. The van der Waals surface area contributed by atoms with Gasteiger partial charge in [-0.25, -0.2) is 0 Å². The number of ketones is 1. The van der Waals surface area contributed by atoms with Gasteiger partial charge in [0.05, 0.1) is 11.8 Å². The fourth-order valence-electron chi connectivity index (χ4n) is 2.75. The topological polar surface area (TPSA) is 54.5 Å². The van der Waals surface area contributed by atoms with Gasteiger partial charge in [0.15, 0.2) is 0 Å². The van der Waals surface area contributed by atoms with Crippen molar-refractivity contribution in [3.63, 3.8) is 0 Å². The molecule has 1 heterocycles. The number of hydrogen-bond acceptors (Lipinski definition) is 3. The van der Waals surface area contributed by atoms with E-state index in [0.29, 0.717) is 25.7 Å². The van der Waals surface area contributed by atoms with E-state index in [0.717, 1.165) is 6.42 Å². The molecule has 3 rings (SSSR count). The van der Waals surface area contributed by atoms with Crippen LogP contribution in [0.2, 0.25) is 0 Å². The molecule has 2 unspecified atom stereocenters. The highest BCUT2D eigenvalue weighted by molar-refractivity contribution is 6.09. The minimum atomic E-state index is -0.00451. The Morgan fingerprint density at radius 1 is 0.933 bits per heavy atom. The molecule has 3 fully saturated rings. The summed E-state index contributed by atoms with van der Waals surface area (Å²) < 4.78 is 0. The van der Waals surface area contributed by atoms with Crippen molar-refractivity contribution in [2.24, 2.45) is 11.8 Å². The first-order valence-corrected chi connectivity index (χ1v) is 5.57. The molecular weight excluding hydrogens is 194 g/mol. The van der Waals surface area contributed by atoms with Crippen molar-refractivity contribution in [1.29, 1.82) is 0 Å². The highest BCUT2D eigenvalue weighted by atomic mass is 16.2. The number of fused-ring (bicyclic) bond motifs is 1. The lowest BCUT2D eigenvalue weighted by Crippen LogP contribution is -2.43. The van der Waals surface area contributed by atoms with Crippen LogP contribution in [-0.2, 0) is 14.4 Å². The van der Waals surface area contributed by atoms with Crippen LogP contribution in [0.5, 0.6) is 0 Å². The second kappa shape index (κ2) is 2.90. The van der Waals surface area contributed by atoms with Gasteiger partial charge >= 0.3 is 0 Å². The first-order chi connectivity index (χ1) is 7.18. The van der Waals surface area contributed by atoms with Crippen LogP contribution >= 0.6 is 0 Å². The van der Waals surface area contributed by atoms with E-state index < -0.39 is 0 Å². The summed E-state index contributed by atoms with van der Waals surface area (Å²) in [6, 6.07) is 0.00972. The standard InChI is InChI=1S/C11H13NO3/c13-7-3-1-6(2-4-7)12-10(14)8-5-9(8)11(12)15/h6,8-9H,1-5H2. The molecule has 15 heavy (non-hydrogen) atoms. The lowest BCUT2D eigenvalue weighted by molar-refractivity contribution is -0.146. The SMILES string of the molecule is O=C1CCC(N2C(=O)C3CC3C2=O)CC1. The molecule has 3 aliphatic rings. The molecule has 2 amide bonds. The molecule has 0 spiro atoms. The summed E-state index contributed by atoms with van der Waals surface area (Å²) >= 11 is 0. The Hall–Kier alpha value is -1.19. The molecule has 1 aliphatic heterocycles. The predicted molar refractivity (Wildman–Crippen MR) is 50.7 cm³/mol. The van der Waals surface area contributed by atoms with Crippen LogP contribution in [0.4, 0.5) is 0 Å². The Morgan fingerprint density at radius 3 is 2.00 bits per heavy atom. The summed E-state index contributed by atoms with van der Waals surface area (Å²) in [4.78, 5) is 36.0. The van der Waals surface area contributed by atoms with Gasteiger partial charge < -0.3 is 0 Å². The average molecular weight is 207 g/mol. The molecule has 0 bridgehead atoms. The molecule has 2 atom stereocenters. The largest absolute Gasteiger partial charge is 0.300 e. The van der Waals surface area contributed by atoms with Gasteiger partial charge in [-0.1, -0.05) is 0 Å². The minimum Gasteiger partial charge on any atom is -0.300 e. The molecule has 0 N–H and O–H groups in total. The average Bonchev–Trinajstić information content (AvgIpc) is 2.96. The number of hydrogen-bond donors (Lipinski definition) is 0. The molecule has 2 saturated carbocycles. The zero-order valence-electron chi connectivity index (χ0n) is 8.44. The van der Waals surface area contributed by atoms with Gasteiger partial charge in [0.2, 0.25) is 11.8 Å². The van der Waals surface area contributed by atoms with Gasteiger partial charge in [-0.05, 0) is 19.3 Å². The Labute approximate surface area is 87.6 Å². The van der Waals surface area contributed by atoms with Crippen molar-refractivity contribution >= 4 is 17.6 Å². The molecule has 80 valence electrons. The monoisotopic (exact) mass is 207 g/mol. The van der Waals surface area contributed by atoms with Gasteiger partial charge in [-0.3, -0.25) is 19.3 Å². The van der Waals surface area contributed by atoms with E-state index in [1.165, 1.54) is 4.90 Å². The van der Waals surface area contributed by atoms with Gasteiger partial charge in [0.25, 0.3) is 0 Å². The van der Waals surface area contributed by atoms with Crippen LogP contribution in [0.3, 0.4) is 0 Å².